The minimum Gasteiger partial charge on any atom is -0.362 e. The maximum Gasteiger partial charge on any atom is 0.416 e. The second-order valence-electron chi connectivity index (χ2n) is 14.0. The molecule has 0 aromatic heterocycles. The van der Waals surface area contributed by atoms with Gasteiger partial charge in [-0.15, -0.1) is 0 Å². The fourth-order valence-electron chi connectivity index (χ4n) is 8.04. The summed E-state index contributed by atoms with van der Waals surface area (Å²) in [6.07, 6.45) is -9.98. The molecule has 1 aliphatic rings. The van der Waals surface area contributed by atoms with Crippen LogP contribution in [0, 0.1) is 0 Å². The molecular weight excluding hydrogens is 741 g/mol. The molecule has 1 aliphatic heterocycles. The normalized spacial score (nSPS) is 14.4. The van der Waals surface area contributed by atoms with Crippen molar-refractivity contribution < 1.29 is 26.3 Å². The van der Waals surface area contributed by atoms with E-state index in [0.717, 1.165) is 21.9 Å². The largest absolute Gasteiger partial charge is 0.416 e. The topological polar surface area (TPSA) is 27.3 Å². The lowest BCUT2D eigenvalue weighted by molar-refractivity contribution is -0.143. The van der Waals surface area contributed by atoms with Crippen LogP contribution in [0.15, 0.2) is 152 Å². The fourth-order valence-corrected chi connectivity index (χ4v) is 8.24. The van der Waals surface area contributed by atoms with Gasteiger partial charge in [-0.3, -0.25) is 4.90 Å². The maximum absolute atomic E-state index is 13.7. The molecule has 56 heavy (non-hydrogen) atoms. The van der Waals surface area contributed by atoms with Gasteiger partial charge in [0.15, 0.2) is 5.11 Å². The molecule has 7 aromatic rings. The van der Waals surface area contributed by atoms with E-state index in [1.807, 2.05) is 60.7 Å². The summed E-state index contributed by atoms with van der Waals surface area (Å²) in [5, 5.41) is 10.3. The number of nitrogens with zero attached hydrogens (tertiary/aromatic N) is 1. The highest BCUT2D eigenvalue weighted by Crippen LogP contribution is 2.46. The lowest BCUT2D eigenvalue weighted by Gasteiger charge is -2.38. The van der Waals surface area contributed by atoms with E-state index in [1.165, 1.54) is 33.0 Å². The molecular formula is C46H35F6N3S. The molecule has 2 N–H and O–H groups in total. The standard InChI is InChI=1S/C46H35F6N3S/c47-45(48,49)35-23-36(46(50,51)52)25-37(24-35)54-44(56)53-26-40(29-11-3-1-4-12-29)43(32-15-5-2-6-16-32)55-27-33-21-19-30-13-7-9-17-38(30)41(33)42-34(28-55)22-20-31-14-8-10-18-39(31)42/h1-25,40,43H,26-28H2,(H2,53,54,56)/t40-,43-/m1/s1. The van der Waals surface area contributed by atoms with Crippen molar-refractivity contribution in [2.24, 2.45) is 0 Å². The number of rotatable bonds is 7. The van der Waals surface area contributed by atoms with Gasteiger partial charge in [0, 0.05) is 37.3 Å². The molecule has 8 rings (SSSR count). The van der Waals surface area contributed by atoms with Gasteiger partial charge in [0.05, 0.1) is 11.1 Å². The second-order valence-corrected chi connectivity index (χ2v) is 14.5. The Balaban J connectivity index is 1.21. The third kappa shape index (κ3) is 7.59. The molecule has 282 valence electrons. The predicted octanol–water partition coefficient (Wildman–Crippen LogP) is 12.5. The van der Waals surface area contributed by atoms with E-state index in [-0.39, 0.29) is 29.7 Å². The van der Waals surface area contributed by atoms with E-state index in [1.54, 1.807) is 0 Å². The van der Waals surface area contributed by atoms with E-state index in [4.69, 9.17) is 12.2 Å². The zero-order valence-electron chi connectivity index (χ0n) is 29.8. The zero-order chi connectivity index (χ0) is 39.0. The molecule has 0 fully saturated rings. The number of thiocarbonyl (C=S) groups is 1. The van der Waals surface area contributed by atoms with E-state index in [2.05, 4.69) is 88.3 Å². The van der Waals surface area contributed by atoms with Crippen molar-refractivity contribution in [3.63, 3.8) is 0 Å². The molecule has 0 saturated heterocycles. The van der Waals surface area contributed by atoms with E-state index in [9.17, 15) is 26.3 Å². The van der Waals surface area contributed by atoms with Crippen molar-refractivity contribution in [2.45, 2.75) is 37.4 Å². The van der Waals surface area contributed by atoms with Crippen molar-refractivity contribution in [1.29, 1.82) is 0 Å². The van der Waals surface area contributed by atoms with Gasteiger partial charge >= 0.3 is 12.4 Å². The summed E-state index contributed by atoms with van der Waals surface area (Å²) in [5.74, 6) is -0.281. The van der Waals surface area contributed by atoms with Crippen LogP contribution in [0.1, 0.15) is 45.3 Å². The SMILES string of the molecule is FC(F)(F)c1cc(NC(=S)NC[C@H](c2ccccc2)[C@@H](c2ccccc2)N2Cc3ccc4ccccc4c3-c3c(ccc4ccccc34)C2)cc(C(F)(F)F)c1. The first-order valence-electron chi connectivity index (χ1n) is 18.1. The van der Waals surface area contributed by atoms with Gasteiger partial charge in [0.1, 0.15) is 0 Å². The molecule has 0 radical (unpaired) electrons. The highest BCUT2D eigenvalue weighted by Gasteiger charge is 2.38. The molecule has 2 atom stereocenters. The number of fused-ring (bicyclic) bond motifs is 7. The lowest BCUT2D eigenvalue weighted by Crippen LogP contribution is -2.39. The Hall–Kier alpha value is -5.71. The Morgan fingerprint density at radius 2 is 1.04 bits per heavy atom. The number of alkyl halides is 6. The van der Waals surface area contributed by atoms with Crippen LogP contribution in [0.3, 0.4) is 0 Å². The van der Waals surface area contributed by atoms with Crippen LogP contribution in [0.25, 0.3) is 32.7 Å². The van der Waals surface area contributed by atoms with Gasteiger partial charge in [-0.25, -0.2) is 0 Å². The van der Waals surface area contributed by atoms with Crippen LogP contribution in [0.5, 0.6) is 0 Å². The quantitative estimate of drug-likeness (QED) is 0.125. The van der Waals surface area contributed by atoms with Crippen molar-refractivity contribution in [3.8, 4) is 11.1 Å². The Kier molecular flexibility index (Phi) is 10.0. The minimum atomic E-state index is -4.99. The van der Waals surface area contributed by atoms with Crippen LogP contribution < -0.4 is 10.6 Å². The van der Waals surface area contributed by atoms with Gasteiger partial charge in [0.25, 0.3) is 0 Å². The molecule has 0 amide bonds. The van der Waals surface area contributed by atoms with Crippen LogP contribution >= 0.6 is 12.2 Å². The molecule has 0 aliphatic carbocycles. The van der Waals surface area contributed by atoms with Crippen LogP contribution in [0.4, 0.5) is 32.0 Å². The van der Waals surface area contributed by atoms with Crippen molar-refractivity contribution >= 4 is 44.6 Å². The van der Waals surface area contributed by atoms with Crippen molar-refractivity contribution in [1.82, 2.24) is 10.2 Å². The Bertz CT molecular complexity index is 2420. The second kappa shape index (κ2) is 15.1. The summed E-state index contributed by atoms with van der Waals surface area (Å²) in [6, 6.07) is 46.7. The first-order chi connectivity index (χ1) is 26.9. The Morgan fingerprint density at radius 1 is 0.571 bits per heavy atom. The smallest absolute Gasteiger partial charge is 0.362 e. The van der Waals surface area contributed by atoms with Crippen molar-refractivity contribution in [3.05, 3.63) is 185 Å². The molecule has 1 heterocycles. The van der Waals surface area contributed by atoms with Gasteiger partial charge in [-0.05, 0) is 85.3 Å². The zero-order valence-corrected chi connectivity index (χ0v) is 30.6. The molecule has 3 nitrogen and oxygen atoms in total. The van der Waals surface area contributed by atoms with E-state index in [0.29, 0.717) is 25.2 Å². The first-order valence-corrected chi connectivity index (χ1v) is 18.5. The molecule has 0 spiro atoms. The predicted molar refractivity (Wildman–Crippen MR) is 215 cm³/mol. The third-order valence-electron chi connectivity index (χ3n) is 10.5. The monoisotopic (exact) mass is 775 g/mol. The van der Waals surface area contributed by atoms with E-state index < -0.39 is 29.2 Å². The third-order valence-corrected chi connectivity index (χ3v) is 10.7. The summed E-state index contributed by atoms with van der Waals surface area (Å²) in [6.45, 7) is 1.41. The number of hydrogen-bond donors (Lipinski definition) is 2. The highest BCUT2D eigenvalue weighted by molar-refractivity contribution is 7.80. The van der Waals surface area contributed by atoms with Crippen molar-refractivity contribution in [2.75, 3.05) is 11.9 Å². The van der Waals surface area contributed by atoms with Crippen LogP contribution in [-0.4, -0.2) is 16.6 Å². The minimum absolute atomic E-state index is 0.0979. The number of halogens is 6. The van der Waals surface area contributed by atoms with E-state index >= 15 is 0 Å². The van der Waals surface area contributed by atoms with Gasteiger partial charge in [-0.1, -0.05) is 133 Å². The average Bonchev–Trinajstić information content (AvgIpc) is 3.36. The van der Waals surface area contributed by atoms with Gasteiger partial charge < -0.3 is 10.6 Å². The molecule has 7 aromatic carbocycles. The summed E-state index contributed by atoms with van der Waals surface area (Å²) in [7, 11) is 0. The molecule has 0 saturated carbocycles. The number of anilines is 1. The number of nitrogens with one attached hydrogen (secondary N) is 2. The number of hydrogen-bond acceptors (Lipinski definition) is 2. The van der Waals surface area contributed by atoms with Gasteiger partial charge in [-0.2, -0.15) is 26.3 Å². The Labute approximate surface area is 325 Å². The molecule has 10 heteroatoms. The molecule has 0 bridgehead atoms. The highest BCUT2D eigenvalue weighted by atomic mass is 32.1. The maximum atomic E-state index is 13.7. The summed E-state index contributed by atoms with van der Waals surface area (Å²) in [5.41, 5.74) is 3.49. The summed E-state index contributed by atoms with van der Waals surface area (Å²) < 4.78 is 82.0. The molecule has 0 unspecified atom stereocenters. The average molecular weight is 776 g/mol. The summed E-state index contributed by atoms with van der Waals surface area (Å²) in [4.78, 5) is 2.46. The van der Waals surface area contributed by atoms with Crippen LogP contribution in [0.2, 0.25) is 0 Å². The first kappa shape index (κ1) is 37.2. The summed E-state index contributed by atoms with van der Waals surface area (Å²) >= 11 is 5.55. The number of benzene rings is 7. The van der Waals surface area contributed by atoms with Gasteiger partial charge in [0.2, 0.25) is 0 Å². The van der Waals surface area contributed by atoms with Crippen LogP contribution in [-0.2, 0) is 25.4 Å². The fraction of sp³-hybridized carbons (Fsp3) is 0.152. The Morgan fingerprint density at radius 3 is 1.54 bits per heavy atom. The lowest BCUT2D eigenvalue weighted by atomic mass is 9.85.